The van der Waals surface area contributed by atoms with Crippen molar-refractivity contribution in [3.05, 3.63) is 34.4 Å². The second-order valence-electron chi connectivity index (χ2n) is 4.55. The van der Waals surface area contributed by atoms with E-state index in [2.05, 4.69) is 5.48 Å². The van der Waals surface area contributed by atoms with Gasteiger partial charge in [0.1, 0.15) is 0 Å². The zero-order chi connectivity index (χ0) is 13.1. The van der Waals surface area contributed by atoms with Gasteiger partial charge in [0.25, 0.3) is 5.69 Å². The van der Waals surface area contributed by atoms with E-state index in [1.807, 2.05) is 0 Å². The van der Waals surface area contributed by atoms with Crippen molar-refractivity contribution in [3.63, 3.8) is 0 Å². The van der Waals surface area contributed by atoms with E-state index in [9.17, 15) is 14.9 Å². The number of hydrogen-bond donors (Lipinski definition) is 1. The normalized spacial score (nSPS) is 10.8. The van der Waals surface area contributed by atoms with E-state index < -0.39 is 16.3 Å². The number of nitrogens with one attached hydrogen (secondary N) is 1. The highest BCUT2D eigenvalue weighted by atomic mass is 16.7. The van der Waals surface area contributed by atoms with Crippen molar-refractivity contribution in [2.75, 3.05) is 5.48 Å². The lowest BCUT2D eigenvalue weighted by Gasteiger charge is -2.16. The topological polar surface area (TPSA) is 81.5 Å². The largest absolute Gasteiger partial charge is 0.343 e. The van der Waals surface area contributed by atoms with Crippen LogP contribution >= 0.6 is 0 Å². The molecule has 0 amide bonds. The van der Waals surface area contributed by atoms with Crippen molar-refractivity contribution < 1.29 is 14.6 Å². The molecule has 1 aromatic carbocycles. The monoisotopic (exact) mass is 238 g/mol. The minimum atomic E-state index is -0.603. The van der Waals surface area contributed by atoms with Crippen LogP contribution in [0, 0.1) is 15.5 Å². The molecule has 0 saturated carbocycles. The van der Waals surface area contributed by atoms with Crippen LogP contribution in [0.1, 0.15) is 20.8 Å². The van der Waals surface area contributed by atoms with E-state index in [1.165, 1.54) is 24.3 Å². The second-order valence-corrected chi connectivity index (χ2v) is 4.55. The molecule has 6 heteroatoms. The predicted molar refractivity (Wildman–Crippen MR) is 62.3 cm³/mol. The Kier molecular flexibility index (Phi) is 3.67. The first-order valence-corrected chi connectivity index (χ1v) is 5.02. The van der Waals surface area contributed by atoms with Crippen molar-refractivity contribution in [1.82, 2.24) is 0 Å². The summed E-state index contributed by atoms with van der Waals surface area (Å²) in [6.07, 6.45) is 0. The molecule has 1 rings (SSSR count). The highest BCUT2D eigenvalue weighted by Crippen LogP contribution is 2.18. The number of nitro benzene ring substituents is 1. The van der Waals surface area contributed by atoms with Gasteiger partial charge >= 0.3 is 5.97 Å². The van der Waals surface area contributed by atoms with Gasteiger partial charge in [-0.25, -0.2) is 10.3 Å². The van der Waals surface area contributed by atoms with E-state index in [0.29, 0.717) is 5.69 Å². The molecule has 1 N–H and O–H groups in total. The molecule has 0 radical (unpaired) electrons. The summed E-state index contributed by atoms with van der Waals surface area (Å²) in [5.41, 5.74) is 2.31. The number of nitro groups is 1. The van der Waals surface area contributed by atoms with Gasteiger partial charge in [0.05, 0.1) is 16.0 Å². The van der Waals surface area contributed by atoms with Gasteiger partial charge in [0.2, 0.25) is 0 Å². The van der Waals surface area contributed by atoms with Crippen LogP contribution in [0.15, 0.2) is 24.3 Å². The molecule has 0 saturated heterocycles. The van der Waals surface area contributed by atoms with Crippen LogP contribution in [0.25, 0.3) is 0 Å². The molecule has 1 aromatic rings. The van der Waals surface area contributed by atoms with Crippen LogP contribution in [0.2, 0.25) is 0 Å². The molecular weight excluding hydrogens is 224 g/mol. The molecule has 0 unspecified atom stereocenters. The number of nitrogens with zero attached hydrogens (tertiary/aromatic N) is 1. The fourth-order valence-corrected chi connectivity index (χ4v) is 0.910. The number of non-ortho nitro benzene ring substituents is 1. The van der Waals surface area contributed by atoms with Crippen molar-refractivity contribution in [3.8, 4) is 0 Å². The third kappa shape index (κ3) is 3.75. The zero-order valence-corrected chi connectivity index (χ0v) is 9.89. The average molecular weight is 238 g/mol. The number of carbonyl (C=O) groups excluding carboxylic acids is 1. The Bertz CT molecular complexity index is 420. The smallest absolute Gasteiger partial charge is 0.337 e. The van der Waals surface area contributed by atoms with E-state index in [-0.39, 0.29) is 5.69 Å². The van der Waals surface area contributed by atoms with Gasteiger partial charge < -0.3 is 4.84 Å². The van der Waals surface area contributed by atoms with Gasteiger partial charge in [-0.15, -0.1) is 0 Å². The van der Waals surface area contributed by atoms with Gasteiger partial charge in [-0.05, 0) is 32.9 Å². The summed E-state index contributed by atoms with van der Waals surface area (Å²) >= 11 is 0. The van der Waals surface area contributed by atoms with Crippen molar-refractivity contribution in [2.24, 2.45) is 5.41 Å². The first-order chi connectivity index (χ1) is 7.80. The summed E-state index contributed by atoms with van der Waals surface area (Å²) in [4.78, 5) is 26.2. The lowest BCUT2D eigenvalue weighted by Crippen LogP contribution is -2.25. The molecule has 0 aliphatic carbocycles. The van der Waals surface area contributed by atoms with E-state index in [1.54, 1.807) is 20.8 Å². The Morgan fingerprint density at radius 2 is 1.82 bits per heavy atom. The third-order valence-corrected chi connectivity index (χ3v) is 1.95. The van der Waals surface area contributed by atoms with Crippen LogP contribution in [0.3, 0.4) is 0 Å². The first-order valence-electron chi connectivity index (χ1n) is 5.02. The fourth-order valence-electron chi connectivity index (χ4n) is 0.910. The maximum atomic E-state index is 11.4. The highest BCUT2D eigenvalue weighted by molar-refractivity contribution is 5.76. The predicted octanol–water partition coefficient (Wildman–Crippen LogP) is 2.51. The Balaban J connectivity index is 2.59. The van der Waals surface area contributed by atoms with Crippen LogP contribution in [-0.2, 0) is 9.63 Å². The third-order valence-electron chi connectivity index (χ3n) is 1.95. The average Bonchev–Trinajstić information content (AvgIpc) is 2.25. The number of rotatable bonds is 3. The van der Waals surface area contributed by atoms with Gasteiger partial charge in [-0.3, -0.25) is 10.1 Å². The molecule has 0 heterocycles. The molecule has 0 aromatic heterocycles. The summed E-state index contributed by atoms with van der Waals surface area (Å²) in [7, 11) is 0. The minimum Gasteiger partial charge on any atom is -0.343 e. The SMILES string of the molecule is CC(C)(C)C(=O)ONc1ccc([N+](=O)[O-])cc1. The Morgan fingerprint density at radius 1 is 1.29 bits per heavy atom. The van der Waals surface area contributed by atoms with Crippen LogP contribution in [-0.4, -0.2) is 10.9 Å². The Hall–Kier alpha value is -2.11. The molecule has 92 valence electrons. The van der Waals surface area contributed by atoms with Crippen molar-refractivity contribution in [1.29, 1.82) is 0 Å². The van der Waals surface area contributed by atoms with Gasteiger partial charge in [0.15, 0.2) is 0 Å². The summed E-state index contributed by atoms with van der Waals surface area (Å²) in [6, 6.07) is 5.59. The Labute approximate surface area is 98.7 Å². The van der Waals surface area contributed by atoms with Crippen molar-refractivity contribution >= 4 is 17.3 Å². The second kappa shape index (κ2) is 4.82. The first kappa shape index (κ1) is 13.0. The molecule has 0 atom stereocenters. The number of anilines is 1. The lowest BCUT2D eigenvalue weighted by atomic mass is 9.98. The molecule has 6 nitrogen and oxygen atoms in total. The van der Waals surface area contributed by atoms with Gasteiger partial charge in [-0.2, -0.15) is 0 Å². The van der Waals surface area contributed by atoms with Crippen molar-refractivity contribution in [2.45, 2.75) is 20.8 Å². The Morgan fingerprint density at radius 3 is 2.24 bits per heavy atom. The maximum absolute atomic E-state index is 11.4. The lowest BCUT2D eigenvalue weighted by molar-refractivity contribution is -0.384. The highest BCUT2D eigenvalue weighted by Gasteiger charge is 2.23. The molecule has 0 bridgehead atoms. The fraction of sp³-hybridized carbons (Fsp3) is 0.364. The van der Waals surface area contributed by atoms with E-state index in [4.69, 9.17) is 4.84 Å². The molecule has 0 aliphatic rings. The summed E-state index contributed by atoms with van der Waals surface area (Å²) < 4.78 is 0. The minimum absolute atomic E-state index is 0.0160. The molecule has 0 spiro atoms. The molecule has 17 heavy (non-hydrogen) atoms. The molecule has 0 aliphatic heterocycles. The van der Waals surface area contributed by atoms with Gasteiger partial charge in [0, 0.05) is 12.1 Å². The van der Waals surface area contributed by atoms with E-state index in [0.717, 1.165) is 0 Å². The standard InChI is InChI=1S/C11H14N2O4/c1-11(2,3)10(14)17-12-8-4-6-9(7-5-8)13(15)16/h4-7,12H,1-3H3. The quantitative estimate of drug-likeness (QED) is 0.646. The van der Waals surface area contributed by atoms with Crippen LogP contribution < -0.4 is 5.48 Å². The number of benzene rings is 1. The molecular formula is C11H14N2O4. The summed E-state index contributed by atoms with van der Waals surface area (Å²) in [6.45, 7) is 5.19. The van der Waals surface area contributed by atoms with Gasteiger partial charge in [-0.1, -0.05) is 0 Å². The maximum Gasteiger partial charge on any atom is 0.337 e. The number of carbonyl (C=O) groups is 1. The zero-order valence-electron chi connectivity index (χ0n) is 9.89. The van der Waals surface area contributed by atoms with Crippen LogP contribution in [0.5, 0.6) is 0 Å². The summed E-state index contributed by atoms with van der Waals surface area (Å²) in [5.74, 6) is -0.407. The molecule has 0 fully saturated rings. The number of hydrogen-bond acceptors (Lipinski definition) is 5. The summed E-state index contributed by atoms with van der Waals surface area (Å²) in [5, 5.41) is 10.4. The van der Waals surface area contributed by atoms with Crippen LogP contribution in [0.4, 0.5) is 11.4 Å². The van der Waals surface area contributed by atoms with E-state index >= 15 is 0 Å².